The molecule has 0 heterocycles. The zero-order valence-corrected chi connectivity index (χ0v) is 12.0. The van der Waals surface area contributed by atoms with E-state index in [4.69, 9.17) is 0 Å². The van der Waals surface area contributed by atoms with Crippen LogP contribution in [0.4, 0.5) is 0 Å². The van der Waals surface area contributed by atoms with E-state index < -0.39 is 5.97 Å². The lowest BCUT2D eigenvalue weighted by atomic mass is 9.84. The zero-order chi connectivity index (χ0) is 13.3. The van der Waals surface area contributed by atoms with Gasteiger partial charge in [-0.25, -0.2) is 0 Å². The number of unbranched alkanes of at least 4 members (excludes halogenated alkanes) is 3. The van der Waals surface area contributed by atoms with Crippen LogP contribution in [0.3, 0.4) is 0 Å². The van der Waals surface area contributed by atoms with Crippen LogP contribution < -0.4 is 0 Å². The molecule has 2 nitrogen and oxygen atoms in total. The first kappa shape index (κ1) is 16.5. The number of rotatable bonds is 10. The monoisotopic (exact) mass is 242 g/mol. The van der Waals surface area contributed by atoms with Gasteiger partial charge in [0.1, 0.15) is 0 Å². The van der Waals surface area contributed by atoms with E-state index in [9.17, 15) is 9.90 Å². The van der Waals surface area contributed by atoms with Crippen LogP contribution in [0.25, 0.3) is 0 Å². The lowest BCUT2D eigenvalue weighted by Crippen LogP contribution is -2.22. The molecule has 0 radical (unpaired) electrons. The van der Waals surface area contributed by atoms with Crippen LogP contribution in [-0.2, 0) is 4.79 Å². The van der Waals surface area contributed by atoms with Gasteiger partial charge < -0.3 is 5.11 Å². The van der Waals surface area contributed by atoms with Gasteiger partial charge in [0.25, 0.3) is 0 Å². The third kappa shape index (κ3) is 8.23. The first-order valence-corrected chi connectivity index (χ1v) is 7.21. The van der Waals surface area contributed by atoms with Gasteiger partial charge in [-0.15, -0.1) is 0 Å². The van der Waals surface area contributed by atoms with E-state index in [1.807, 2.05) is 0 Å². The Labute approximate surface area is 107 Å². The normalized spacial score (nSPS) is 14.9. The second kappa shape index (κ2) is 9.49. The molecule has 2 atom stereocenters. The number of hydrogen-bond acceptors (Lipinski definition) is 1. The molecule has 0 saturated heterocycles. The van der Waals surface area contributed by atoms with Crippen LogP contribution >= 0.6 is 0 Å². The molecule has 2 heteroatoms. The third-order valence-electron chi connectivity index (χ3n) is 3.57. The fourth-order valence-electron chi connectivity index (χ4n) is 2.26. The summed E-state index contributed by atoms with van der Waals surface area (Å²) in [5, 5.41) is 9.26. The van der Waals surface area contributed by atoms with Crippen molar-refractivity contribution >= 4 is 5.97 Å². The van der Waals surface area contributed by atoms with Crippen LogP contribution in [0.5, 0.6) is 0 Å². The van der Waals surface area contributed by atoms with Gasteiger partial charge in [-0.3, -0.25) is 4.79 Å². The smallest absolute Gasteiger partial charge is 0.306 e. The highest BCUT2D eigenvalue weighted by molar-refractivity contribution is 5.70. The fourth-order valence-corrected chi connectivity index (χ4v) is 2.26. The number of aliphatic carboxylic acids is 1. The Morgan fingerprint density at radius 1 is 1.00 bits per heavy atom. The Morgan fingerprint density at radius 2 is 1.65 bits per heavy atom. The molecular weight excluding hydrogens is 212 g/mol. The molecule has 0 rings (SSSR count). The maximum atomic E-state index is 11.2. The van der Waals surface area contributed by atoms with Crippen LogP contribution in [0.15, 0.2) is 0 Å². The average molecular weight is 242 g/mol. The predicted octanol–water partition coefficient (Wildman–Crippen LogP) is 4.73. The Balaban J connectivity index is 3.97. The zero-order valence-electron chi connectivity index (χ0n) is 12.0. The number of hydrogen-bond donors (Lipinski definition) is 1. The van der Waals surface area contributed by atoms with Gasteiger partial charge in [0, 0.05) is 0 Å². The molecule has 2 unspecified atom stereocenters. The molecule has 0 amide bonds. The van der Waals surface area contributed by atoms with Crippen molar-refractivity contribution in [2.75, 3.05) is 0 Å². The molecule has 0 aliphatic carbocycles. The molecular formula is C15H30O2. The summed E-state index contributed by atoms with van der Waals surface area (Å²) in [5.74, 6) is 0.180. The lowest BCUT2D eigenvalue weighted by molar-refractivity contribution is -0.144. The number of carbonyl (C=O) groups is 1. The second-order valence-electron chi connectivity index (χ2n) is 5.74. The summed E-state index contributed by atoms with van der Waals surface area (Å²) in [7, 11) is 0. The Morgan fingerprint density at radius 3 is 2.12 bits per heavy atom. The highest BCUT2D eigenvalue weighted by Gasteiger charge is 2.24. The van der Waals surface area contributed by atoms with Crippen LogP contribution in [0.2, 0.25) is 0 Å². The summed E-state index contributed by atoms with van der Waals surface area (Å²) < 4.78 is 0. The average Bonchev–Trinajstić information content (AvgIpc) is 2.23. The van der Waals surface area contributed by atoms with Crippen molar-refractivity contribution in [2.24, 2.45) is 17.8 Å². The molecule has 0 aliphatic heterocycles. The molecule has 0 aromatic rings. The maximum absolute atomic E-state index is 11.2. The van der Waals surface area contributed by atoms with Gasteiger partial charge in [-0.2, -0.15) is 0 Å². The molecule has 0 bridgehead atoms. The van der Waals surface area contributed by atoms with Gasteiger partial charge in [-0.05, 0) is 24.7 Å². The number of carboxylic acids is 1. The van der Waals surface area contributed by atoms with Crippen molar-refractivity contribution in [3.8, 4) is 0 Å². The minimum absolute atomic E-state index is 0.140. The van der Waals surface area contributed by atoms with Crippen LogP contribution in [-0.4, -0.2) is 11.1 Å². The van der Waals surface area contributed by atoms with E-state index in [-0.39, 0.29) is 5.92 Å². The Kier molecular flexibility index (Phi) is 9.20. The molecule has 0 aromatic heterocycles. The molecule has 1 N–H and O–H groups in total. The molecule has 0 spiro atoms. The van der Waals surface area contributed by atoms with E-state index in [2.05, 4.69) is 27.7 Å². The SMILES string of the molecule is CCCCCCC(C)C(CCC(C)C)C(=O)O. The predicted molar refractivity (Wildman–Crippen MR) is 73.1 cm³/mol. The summed E-state index contributed by atoms with van der Waals surface area (Å²) in [4.78, 5) is 11.2. The molecule has 0 saturated carbocycles. The standard InChI is InChI=1S/C15H30O2/c1-5-6-7-8-9-13(4)14(15(16)17)11-10-12(2)3/h12-14H,5-11H2,1-4H3,(H,16,17). The maximum Gasteiger partial charge on any atom is 0.306 e. The summed E-state index contributed by atoms with van der Waals surface area (Å²) in [6, 6.07) is 0. The minimum atomic E-state index is -0.603. The van der Waals surface area contributed by atoms with Gasteiger partial charge >= 0.3 is 5.97 Å². The van der Waals surface area contributed by atoms with Crippen molar-refractivity contribution in [3.05, 3.63) is 0 Å². The summed E-state index contributed by atoms with van der Waals surface area (Å²) in [5.41, 5.74) is 0. The molecule has 0 aliphatic rings. The van der Waals surface area contributed by atoms with Crippen LogP contribution in [0, 0.1) is 17.8 Å². The molecule has 17 heavy (non-hydrogen) atoms. The molecule has 0 fully saturated rings. The van der Waals surface area contributed by atoms with E-state index >= 15 is 0 Å². The Hall–Kier alpha value is -0.530. The molecule has 0 aromatic carbocycles. The highest BCUT2D eigenvalue weighted by atomic mass is 16.4. The Bertz CT molecular complexity index is 199. The van der Waals surface area contributed by atoms with E-state index in [0.29, 0.717) is 11.8 Å². The van der Waals surface area contributed by atoms with E-state index in [1.165, 1.54) is 25.7 Å². The fraction of sp³-hybridized carbons (Fsp3) is 0.933. The van der Waals surface area contributed by atoms with Gasteiger partial charge in [0.15, 0.2) is 0 Å². The highest BCUT2D eigenvalue weighted by Crippen LogP contribution is 2.25. The van der Waals surface area contributed by atoms with Gasteiger partial charge in [-0.1, -0.05) is 59.8 Å². The molecule has 102 valence electrons. The largest absolute Gasteiger partial charge is 0.481 e. The first-order chi connectivity index (χ1) is 7.99. The van der Waals surface area contributed by atoms with Crippen molar-refractivity contribution in [2.45, 2.75) is 72.6 Å². The second-order valence-corrected chi connectivity index (χ2v) is 5.74. The summed E-state index contributed by atoms with van der Waals surface area (Å²) in [6.07, 6.45) is 7.87. The van der Waals surface area contributed by atoms with E-state index in [1.54, 1.807) is 0 Å². The summed E-state index contributed by atoms with van der Waals surface area (Å²) >= 11 is 0. The van der Waals surface area contributed by atoms with Gasteiger partial charge in [0.2, 0.25) is 0 Å². The quantitative estimate of drug-likeness (QED) is 0.562. The van der Waals surface area contributed by atoms with E-state index in [0.717, 1.165) is 19.3 Å². The summed E-state index contributed by atoms with van der Waals surface area (Å²) in [6.45, 7) is 8.62. The van der Waals surface area contributed by atoms with Gasteiger partial charge in [0.05, 0.1) is 5.92 Å². The first-order valence-electron chi connectivity index (χ1n) is 7.21. The lowest BCUT2D eigenvalue weighted by Gasteiger charge is -2.20. The van der Waals surface area contributed by atoms with Crippen molar-refractivity contribution in [1.82, 2.24) is 0 Å². The minimum Gasteiger partial charge on any atom is -0.481 e. The topological polar surface area (TPSA) is 37.3 Å². The van der Waals surface area contributed by atoms with Crippen molar-refractivity contribution < 1.29 is 9.90 Å². The van der Waals surface area contributed by atoms with Crippen LogP contribution in [0.1, 0.15) is 72.6 Å². The number of carboxylic acid groups (broad SMARTS) is 1. The van der Waals surface area contributed by atoms with Crippen molar-refractivity contribution in [3.63, 3.8) is 0 Å². The third-order valence-corrected chi connectivity index (χ3v) is 3.57. The van der Waals surface area contributed by atoms with Crippen molar-refractivity contribution in [1.29, 1.82) is 0 Å².